The average Bonchev–Trinajstić information content (AvgIpc) is 2.61. The highest BCUT2D eigenvalue weighted by Crippen LogP contribution is 2.08. The van der Waals surface area contributed by atoms with Crippen molar-refractivity contribution in [1.29, 1.82) is 0 Å². The Morgan fingerprint density at radius 3 is 2.30 bits per heavy atom. The molecule has 150 valence electrons. The summed E-state index contributed by atoms with van der Waals surface area (Å²) in [6.07, 6.45) is 1.43. The molecule has 0 aliphatic rings. The second-order valence-corrected chi connectivity index (χ2v) is 8.50. The maximum atomic E-state index is 12.3. The van der Waals surface area contributed by atoms with Gasteiger partial charge in [-0.25, -0.2) is 8.42 Å². The number of nitrogens with one attached hydrogen (secondary N) is 2. The lowest BCUT2D eigenvalue weighted by atomic mass is 10.1. The van der Waals surface area contributed by atoms with Crippen LogP contribution in [0.3, 0.4) is 0 Å². The molecule has 8 heteroatoms. The van der Waals surface area contributed by atoms with E-state index in [0.717, 1.165) is 5.41 Å². The molecule has 0 fully saturated rings. The van der Waals surface area contributed by atoms with Crippen molar-refractivity contribution in [2.45, 2.75) is 33.7 Å². The molecule has 0 radical (unpaired) electrons. The van der Waals surface area contributed by atoms with E-state index in [9.17, 15) is 18.0 Å². The maximum Gasteiger partial charge on any atom is 0.324 e. The highest BCUT2D eigenvalue weighted by molar-refractivity contribution is 7.92. The summed E-state index contributed by atoms with van der Waals surface area (Å²) in [4.78, 5) is 23.9. The number of amides is 1. The molecule has 1 rings (SSSR count). The Hall–Kier alpha value is -2.19. The molecule has 7 nitrogen and oxygen atoms in total. The second kappa shape index (κ2) is 10.8. The minimum atomic E-state index is -3.86. The summed E-state index contributed by atoms with van der Waals surface area (Å²) in [6, 6.07) is 7.84. The van der Waals surface area contributed by atoms with E-state index < -0.39 is 34.5 Å². The Kier molecular flexibility index (Phi) is 9.17. The van der Waals surface area contributed by atoms with Crippen molar-refractivity contribution < 1.29 is 22.7 Å². The Balaban J connectivity index is 2.67. The SMILES string of the molecule is CC(C)CNC(=O)COC(=O)C(NS(=O)(=O)/C=C/c1ccccc1)C(C)C. The van der Waals surface area contributed by atoms with Gasteiger partial charge in [0.2, 0.25) is 10.0 Å². The second-order valence-electron chi connectivity index (χ2n) is 6.90. The fourth-order valence-corrected chi connectivity index (χ4v) is 3.14. The van der Waals surface area contributed by atoms with Crippen LogP contribution in [0.2, 0.25) is 0 Å². The maximum absolute atomic E-state index is 12.3. The molecular formula is C19H28N2O5S. The van der Waals surface area contributed by atoms with Crippen LogP contribution in [0.15, 0.2) is 35.7 Å². The van der Waals surface area contributed by atoms with Crippen LogP contribution in [-0.4, -0.2) is 39.5 Å². The third kappa shape index (κ3) is 9.35. The zero-order valence-electron chi connectivity index (χ0n) is 16.1. The lowest BCUT2D eigenvalue weighted by Crippen LogP contribution is -2.45. The molecule has 1 amide bonds. The molecule has 0 aliphatic carbocycles. The number of rotatable bonds is 10. The molecule has 0 aromatic heterocycles. The predicted octanol–water partition coefficient (Wildman–Crippen LogP) is 1.92. The number of sulfonamides is 1. The fraction of sp³-hybridized carbons (Fsp3) is 0.474. The normalized spacial score (nSPS) is 13.1. The van der Waals surface area contributed by atoms with Crippen molar-refractivity contribution in [3.05, 3.63) is 41.3 Å². The van der Waals surface area contributed by atoms with Crippen molar-refractivity contribution in [3.63, 3.8) is 0 Å². The molecular weight excluding hydrogens is 368 g/mol. The molecule has 0 heterocycles. The van der Waals surface area contributed by atoms with Crippen LogP contribution >= 0.6 is 0 Å². The van der Waals surface area contributed by atoms with Crippen molar-refractivity contribution in [3.8, 4) is 0 Å². The van der Waals surface area contributed by atoms with Gasteiger partial charge in [-0.1, -0.05) is 58.0 Å². The number of ether oxygens (including phenoxy) is 1. The smallest absolute Gasteiger partial charge is 0.324 e. The van der Waals surface area contributed by atoms with Crippen molar-refractivity contribution in [2.24, 2.45) is 11.8 Å². The molecule has 2 N–H and O–H groups in total. The summed E-state index contributed by atoms with van der Waals surface area (Å²) < 4.78 is 31.8. The number of carbonyl (C=O) groups excluding carboxylic acids is 2. The molecule has 0 aliphatic heterocycles. The van der Waals surface area contributed by atoms with Crippen LogP contribution in [0.25, 0.3) is 6.08 Å². The number of benzene rings is 1. The van der Waals surface area contributed by atoms with E-state index in [1.165, 1.54) is 6.08 Å². The van der Waals surface area contributed by atoms with Gasteiger partial charge in [0, 0.05) is 12.0 Å². The molecule has 0 bridgehead atoms. The predicted molar refractivity (Wildman–Crippen MR) is 105 cm³/mol. The Bertz CT molecular complexity index is 743. The Morgan fingerprint density at radius 2 is 1.74 bits per heavy atom. The van der Waals surface area contributed by atoms with E-state index in [1.54, 1.807) is 38.1 Å². The minimum Gasteiger partial charge on any atom is -0.454 e. The van der Waals surface area contributed by atoms with Gasteiger partial charge in [-0.05, 0) is 23.5 Å². The number of hydrogen-bond acceptors (Lipinski definition) is 5. The molecule has 1 aromatic carbocycles. The average molecular weight is 397 g/mol. The van der Waals surface area contributed by atoms with Gasteiger partial charge in [-0.3, -0.25) is 9.59 Å². The summed E-state index contributed by atoms with van der Waals surface area (Å²) in [5.74, 6) is -1.29. The molecule has 1 atom stereocenters. The topological polar surface area (TPSA) is 102 Å². The number of esters is 1. The lowest BCUT2D eigenvalue weighted by Gasteiger charge is -2.19. The minimum absolute atomic E-state index is 0.274. The molecule has 0 spiro atoms. The molecule has 1 aromatic rings. The van der Waals surface area contributed by atoms with Gasteiger partial charge in [0.15, 0.2) is 6.61 Å². The molecule has 1 unspecified atom stereocenters. The van der Waals surface area contributed by atoms with Crippen molar-refractivity contribution in [2.75, 3.05) is 13.2 Å². The highest BCUT2D eigenvalue weighted by atomic mass is 32.2. The van der Waals surface area contributed by atoms with Crippen LogP contribution in [0.5, 0.6) is 0 Å². The first kappa shape index (κ1) is 22.9. The summed E-state index contributed by atoms with van der Waals surface area (Å²) in [6.45, 7) is 7.29. The zero-order valence-corrected chi connectivity index (χ0v) is 17.0. The lowest BCUT2D eigenvalue weighted by molar-refractivity contribution is -0.151. The van der Waals surface area contributed by atoms with E-state index in [4.69, 9.17) is 4.74 Å². The summed E-state index contributed by atoms with van der Waals surface area (Å²) in [5.41, 5.74) is 0.716. The van der Waals surface area contributed by atoms with Crippen molar-refractivity contribution in [1.82, 2.24) is 10.0 Å². The number of hydrogen-bond donors (Lipinski definition) is 2. The van der Waals surface area contributed by atoms with E-state index in [2.05, 4.69) is 10.0 Å². The third-order valence-corrected chi connectivity index (χ3v) is 4.58. The van der Waals surface area contributed by atoms with E-state index in [-0.39, 0.29) is 11.8 Å². The summed E-state index contributed by atoms with van der Waals surface area (Å²) in [5, 5.41) is 3.63. The van der Waals surface area contributed by atoms with Gasteiger partial charge in [0.05, 0.1) is 0 Å². The first-order valence-corrected chi connectivity index (χ1v) is 10.3. The van der Waals surface area contributed by atoms with Crippen LogP contribution < -0.4 is 10.0 Å². The van der Waals surface area contributed by atoms with Crippen LogP contribution in [0.1, 0.15) is 33.3 Å². The largest absolute Gasteiger partial charge is 0.454 e. The van der Waals surface area contributed by atoms with Gasteiger partial charge in [-0.15, -0.1) is 0 Å². The summed E-state index contributed by atoms with van der Waals surface area (Å²) in [7, 11) is -3.86. The van der Waals surface area contributed by atoms with Crippen LogP contribution in [0.4, 0.5) is 0 Å². The van der Waals surface area contributed by atoms with Gasteiger partial charge in [0.25, 0.3) is 5.91 Å². The van der Waals surface area contributed by atoms with E-state index >= 15 is 0 Å². The van der Waals surface area contributed by atoms with Gasteiger partial charge in [0.1, 0.15) is 6.04 Å². The van der Waals surface area contributed by atoms with E-state index in [1.807, 2.05) is 19.9 Å². The van der Waals surface area contributed by atoms with E-state index in [0.29, 0.717) is 12.1 Å². The van der Waals surface area contributed by atoms with Gasteiger partial charge < -0.3 is 10.1 Å². The molecule has 0 saturated carbocycles. The summed E-state index contributed by atoms with van der Waals surface area (Å²) >= 11 is 0. The first-order chi connectivity index (χ1) is 12.6. The van der Waals surface area contributed by atoms with Gasteiger partial charge >= 0.3 is 5.97 Å². The number of carbonyl (C=O) groups is 2. The Morgan fingerprint density at radius 1 is 1.11 bits per heavy atom. The zero-order chi connectivity index (χ0) is 20.4. The van der Waals surface area contributed by atoms with Crippen molar-refractivity contribution >= 4 is 28.0 Å². The monoisotopic (exact) mass is 396 g/mol. The fourth-order valence-electron chi connectivity index (χ4n) is 2.00. The molecule has 0 saturated heterocycles. The third-order valence-electron chi connectivity index (χ3n) is 3.50. The highest BCUT2D eigenvalue weighted by Gasteiger charge is 2.28. The quantitative estimate of drug-likeness (QED) is 0.588. The van der Waals surface area contributed by atoms with Crippen LogP contribution in [0, 0.1) is 11.8 Å². The standard InChI is InChI=1S/C19H28N2O5S/c1-14(2)12-20-17(22)13-26-19(23)18(15(3)4)21-27(24,25)11-10-16-8-6-5-7-9-16/h5-11,14-15,18,21H,12-13H2,1-4H3,(H,20,22)/b11-10+. The Labute approximate surface area is 161 Å². The van der Waals surface area contributed by atoms with Crippen LogP contribution in [-0.2, 0) is 24.3 Å². The first-order valence-electron chi connectivity index (χ1n) is 8.79. The molecule has 27 heavy (non-hydrogen) atoms. The van der Waals surface area contributed by atoms with Gasteiger partial charge in [-0.2, -0.15) is 4.72 Å².